The fourth-order valence-corrected chi connectivity index (χ4v) is 4.55. The zero-order valence-electron chi connectivity index (χ0n) is 17.0. The highest BCUT2D eigenvalue weighted by atomic mass is 19.1. The van der Waals surface area contributed by atoms with E-state index >= 15 is 0 Å². The standard InChI is InChI=1S/C23H26FN5O/c24-19-6-4-5-17(15-19)22-26-23(30-27-22)18-9-10-21(25-16-18)29-13-11-28(12-14-29)20-7-2-1-3-8-20/h4-6,9-10,15-16,20H,1-3,7-8,11-14H2. The third kappa shape index (κ3) is 4.07. The zero-order valence-corrected chi connectivity index (χ0v) is 17.0. The second-order valence-electron chi connectivity index (χ2n) is 8.15. The van der Waals surface area contributed by atoms with Crippen LogP contribution in [0.25, 0.3) is 22.8 Å². The summed E-state index contributed by atoms with van der Waals surface area (Å²) in [6, 6.07) is 10.9. The first-order valence-corrected chi connectivity index (χ1v) is 10.8. The molecule has 0 N–H and O–H groups in total. The van der Waals surface area contributed by atoms with E-state index in [1.165, 1.54) is 44.2 Å². The van der Waals surface area contributed by atoms with Gasteiger partial charge in [0.05, 0.1) is 5.56 Å². The molecule has 1 aliphatic heterocycles. The maximum Gasteiger partial charge on any atom is 0.259 e. The van der Waals surface area contributed by atoms with Crippen LogP contribution in [0.1, 0.15) is 32.1 Å². The van der Waals surface area contributed by atoms with Crippen molar-refractivity contribution in [3.8, 4) is 22.8 Å². The highest BCUT2D eigenvalue weighted by molar-refractivity contribution is 5.60. The predicted octanol–water partition coefficient (Wildman–Crippen LogP) is 4.39. The molecule has 0 atom stereocenters. The van der Waals surface area contributed by atoms with Crippen LogP contribution in [0, 0.1) is 5.82 Å². The molecule has 0 unspecified atom stereocenters. The minimum Gasteiger partial charge on any atom is -0.354 e. The van der Waals surface area contributed by atoms with Crippen LogP contribution in [0.4, 0.5) is 10.2 Å². The average molecular weight is 407 g/mol. The second kappa shape index (κ2) is 8.52. The topological polar surface area (TPSA) is 58.3 Å². The number of hydrogen-bond acceptors (Lipinski definition) is 6. The van der Waals surface area contributed by atoms with Gasteiger partial charge in [-0.05, 0) is 37.1 Å². The van der Waals surface area contributed by atoms with Gasteiger partial charge in [0, 0.05) is 44.0 Å². The number of anilines is 1. The fourth-order valence-electron chi connectivity index (χ4n) is 4.55. The quantitative estimate of drug-likeness (QED) is 0.639. The van der Waals surface area contributed by atoms with Gasteiger partial charge < -0.3 is 9.42 Å². The van der Waals surface area contributed by atoms with Crippen LogP contribution in [-0.2, 0) is 0 Å². The zero-order chi connectivity index (χ0) is 20.3. The Bertz CT molecular complexity index is 975. The lowest BCUT2D eigenvalue weighted by molar-refractivity contribution is 0.147. The van der Waals surface area contributed by atoms with E-state index in [4.69, 9.17) is 4.52 Å². The van der Waals surface area contributed by atoms with Crippen LogP contribution in [0.3, 0.4) is 0 Å². The molecular formula is C23H26FN5O. The van der Waals surface area contributed by atoms with Gasteiger partial charge in [-0.25, -0.2) is 9.37 Å². The summed E-state index contributed by atoms with van der Waals surface area (Å²) in [6.07, 6.45) is 8.64. The van der Waals surface area contributed by atoms with Gasteiger partial charge in [-0.15, -0.1) is 0 Å². The van der Waals surface area contributed by atoms with Crippen molar-refractivity contribution >= 4 is 5.82 Å². The summed E-state index contributed by atoms with van der Waals surface area (Å²) in [5, 5.41) is 3.97. The molecule has 5 rings (SSSR count). The van der Waals surface area contributed by atoms with Crippen molar-refractivity contribution in [2.24, 2.45) is 0 Å². The maximum atomic E-state index is 13.4. The number of halogens is 1. The molecule has 0 bridgehead atoms. The van der Waals surface area contributed by atoms with Gasteiger partial charge in [0.15, 0.2) is 0 Å². The van der Waals surface area contributed by atoms with E-state index in [9.17, 15) is 4.39 Å². The molecule has 2 aliphatic rings. The molecule has 156 valence electrons. The van der Waals surface area contributed by atoms with E-state index < -0.39 is 0 Å². The number of piperazine rings is 1. The molecule has 0 spiro atoms. The van der Waals surface area contributed by atoms with Gasteiger partial charge >= 0.3 is 0 Å². The molecule has 1 saturated heterocycles. The van der Waals surface area contributed by atoms with Crippen LogP contribution in [0.2, 0.25) is 0 Å². The normalized spacial score (nSPS) is 18.6. The van der Waals surface area contributed by atoms with Gasteiger partial charge in [0.2, 0.25) is 5.82 Å². The summed E-state index contributed by atoms with van der Waals surface area (Å²) >= 11 is 0. The number of nitrogens with zero attached hydrogens (tertiary/aromatic N) is 5. The van der Waals surface area contributed by atoms with E-state index in [0.29, 0.717) is 17.3 Å². The van der Waals surface area contributed by atoms with Crippen LogP contribution in [0.5, 0.6) is 0 Å². The summed E-state index contributed by atoms with van der Waals surface area (Å²) in [6.45, 7) is 4.23. The summed E-state index contributed by atoms with van der Waals surface area (Å²) in [7, 11) is 0. The van der Waals surface area contributed by atoms with Crippen molar-refractivity contribution in [1.82, 2.24) is 20.0 Å². The van der Waals surface area contributed by atoms with Gasteiger partial charge in [0.1, 0.15) is 11.6 Å². The van der Waals surface area contributed by atoms with E-state index in [0.717, 1.165) is 43.6 Å². The lowest BCUT2D eigenvalue weighted by Crippen LogP contribution is -2.51. The molecule has 2 fully saturated rings. The van der Waals surface area contributed by atoms with E-state index in [2.05, 4.69) is 24.9 Å². The molecular weight excluding hydrogens is 381 g/mol. The van der Waals surface area contributed by atoms with E-state index in [-0.39, 0.29) is 5.82 Å². The predicted molar refractivity (Wildman–Crippen MR) is 114 cm³/mol. The molecule has 1 aliphatic carbocycles. The molecule has 1 saturated carbocycles. The Hall–Kier alpha value is -2.80. The first-order chi connectivity index (χ1) is 14.8. The average Bonchev–Trinajstić information content (AvgIpc) is 3.30. The van der Waals surface area contributed by atoms with Gasteiger partial charge in [-0.2, -0.15) is 4.98 Å². The molecule has 3 aromatic rings. The Morgan fingerprint density at radius 1 is 0.933 bits per heavy atom. The molecule has 6 nitrogen and oxygen atoms in total. The molecule has 0 radical (unpaired) electrons. The third-order valence-electron chi connectivity index (χ3n) is 6.23. The van der Waals surface area contributed by atoms with Crippen molar-refractivity contribution in [2.75, 3.05) is 31.1 Å². The Labute approximate surface area is 175 Å². The maximum absolute atomic E-state index is 13.4. The molecule has 1 aromatic carbocycles. The number of benzene rings is 1. The second-order valence-corrected chi connectivity index (χ2v) is 8.15. The van der Waals surface area contributed by atoms with Crippen LogP contribution >= 0.6 is 0 Å². The van der Waals surface area contributed by atoms with E-state index in [1.54, 1.807) is 18.3 Å². The highest BCUT2D eigenvalue weighted by Gasteiger charge is 2.25. The minimum absolute atomic E-state index is 0.326. The number of pyridine rings is 1. The van der Waals surface area contributed by atoms with Crippen molar-refractivity contribution in [1.29, 1.82) is 0 Å². The van der Waals surface area contributed by atoms with Crippen molar-refractivity contribution in [3.05, 3.63) is 48.4 Å². The third-order valence-corrected chi connectivity index (χ3v) is 6.23. The van der Waals surface area contributed by atoms with Gasteiger partial charge in [0.25, 0.3) is 5.89 Å². The minimum atomic E-state index is -0.326. The number of aromatic nitrogens is 3. The first-order valence-electron chi connectivity index (χ1n) is 10.8. The largest absolute Gasteiger partial charge is 0.354 e. The van der Waals surface area contributed by atoms with Crippen LogP contribution in [-0.4, -0.2) is 52.2 Å². The fraction of sp³-hybridized carbons (Fsp3) is 0.435. The van der Waals surface area contributed by atoms with Crippen molar-refractivity contribution in [3.63, 3.8) is 0 Å². The van der Waals surface area contributed by atoms with Gasteiger partial charge in [-0.1, -0.05) is 36.6 Å². The molecule has 3 heterocycles. The molecule has 30 heavy (non-hydrogen) atoms. The summed E-state index contributed by atoms with van der Waals surface area (Å²) < 4.78 is 18.8. The Morgan fingerprint density at radius 2 is 1.77 bits per heavy atom. The van der Waals surface area contributed by atoms with Gasteiger partial charge in [-0.3, -0.25) is 4.90 Å². The summed E-state index contributed by atoms with van der Waals surface area (Å²) in [5.74, 6) is 1.41. The lowest BCUT2D eigenvalue weighted by Gasteiger charge is -2.41. The highest BCUT2D eigenvalue weighted by Crippen LogP contribution is 2.26. The number of rotatable bonds is 4. The first kappa shape index (κ1) is 19.2. The van der Waals surface area contributed by atoms with Crippen LogP contribution < -0.4 is 4.90 Å². The monoisotopic (exact) mass is 407 g/mol. The molecule has 2 aromatic heterocycles. The smallest absolute Gasteiger partial charge is 0.259 e. The SMILES string of the molecule is Fc1cccc(-c2noc(-c3ccc(N4CCN(C5CCCCC5)CC4)nc3)n2)c1. The summed E-state index contributed by atoms with van der Waals surface area (Å²) in [5.41, 5.74) is 1.35. The number of hydrogen-bond donors (Lipinski definition) is 0. The Balaban J connectivity index is 1.23. The van der Waals surface area contributed by atoms with Crippen LogP contribution in [0.15, 0.2) is 47.1 Å². The summed E-state index contributed by atoms with van der Waals surface area (Å²) in [4.78, 5) is 14.0. The van der Waals surface area contributed by atoms with E-state index in [1.807, 2.05) is 12.1 Å². The Kier molecular flexibility index (Phi) is 5.45. The lowest BCUT2D eigenvalue weighted by atomic mass is 9.94. The Morgan fingerprint density at radius 3 is 2.50 bits per heavy atom. The van der Waals surface area contributed by atoms with Crippen molar-refractivity contribution in [2.45, 2.75) is 38.1 Å². The molecule has 0 amide bonds. The molecule has 7 heteroatoms. The van der Waals surface area contributed by atoms with Crippen molar-refractivity contribution < 1.29 is 8.91 Å².